The molecule has 6 nitrogen and oxygen atoms in total. The highest BCUT2D eigenvalue weighted by atomic mass is 16.6. The van der Waals surface area contributed by atoms with E-state index in [4.69, 9.17) is 4.74 Å². The van der Waals surface area contributed by atoms with E-state index in [1.807, 2.05) is 6.92 Å². The van der Waals surface area contributed by atoms with Crippen molar-refractivity contribution in [3.05, 3.63) is 39.9 Å². The largest absolute Gasteiger partial charge is 0.469 e. The van der Waals surface area contributed by atoms with Gasteiger partial charge in [0.1, 0.15) is 0 Å². The Kier molecular flexibility index (Phi) is 5.49. The van der Waals surface area contributed by atoms with Gasteiger partial charge < -0.3 is 10.1 Å². The molecule has 1 aromatic rings. The summed E-state index contributed by atoms with van der Waals surface area (Å²) in [6.07, 6.45) is 3.57. The fourth-order valence-electron chi connectivity index (χ4n) is 3.00. The molecule has 2 rings (SSSR count). The Labute approximate surface area is 130 Å². The summed E-state index contributed by atoms with van der Waals surface area (Å²) in [4.78, 5) is 21.8. The number of rotatable bonds is 5. The molecule has 1 aromatic carbocycles. The summed E-state index contributed by atoms with van der Waals surface area (Å²) >= 11 is 0. The summed E-state index contributed by atoms with van der Waals surface area (Å²) in [5.74, 6) is -0.0837. The summed E-state index contributed by atoms with van der Waals surface area (Å²) in [6, 6.07) is 7.13. The zero-order valence-corrected chi connectivity index (χ0v) is 13.0. The van der Waals surface area contributed by atoms with Crippen molar-refractivity contribution < 1.29 is 14.5 Å². The molecular weight excluding hydrogens is 284 g/mol. The van der Waals surface area contributed by atoms with E-state index in [1.54, 1.807) is 12.1 Å². The number of nitro groups is 1. The molecule has 1 saturated carbocycles. The van der Waals surface area contributed by atoms with Crippen molar-refractivity contribution in [2.45, 2.75) is 44.7 Å². The molecule has 0 spiro atoms. The van der Waals surface area contributed by atoms with Crippen molar-refractivity contribution in [1.82, 2.24) is 5.32 Å². The van der Waals surface area contributed by atoms with Crippen LogP contribution in [0.4, 0.5) is 5.69 Å². The molecule has 1 fully saturated rings. The standard InChI is InChI=1S/C16H22N2O4/c1-11(12-5-9-15(10-6-12)18(20)21)17-14-7-3-13(4-8-14)16(19)22-2/h5-6,9-11,13-14,17H,3-4,7-8H2,1-2H3. The van der Waals surface area contributed by atoms with E-state index in [9.17, 15) is 14.9 Å². The lowest BCUT2D eigenvalue weighted by molar-refractivity contribution is -0.384. The van der Waals surface area contributed by atoms with E-state index in [1.165, 1.54) is 19.2 Å². The van der Waals surface area contributed by atoms with Gasteiger partial charge in [0.2, 0.25) is 0 Å². The third-order valence-electron chi connectivity index (χ3n) is 4.35. The van der Waals surface area contributed by atoms with Gasteiger partial charge in [0.15, 0.2) is 0 Å². The molecule has 120 valence electrons. The van der Waals surface area contributed by atoms with Gasteiger partial charge in [0.05, 0.1) is 18.0 Å². The molecule has 1 unspecified atom stereocenters. The van der Waals surface area contributed by atoms with E-state index in [0.717, 1.165) is 31.2 Å². The predicted octanol–water partition coefficient (Wildman–Crippen LogP) is 2.98. The second-order valence-corrected chi connectivity index (χ2v) is 5.81. The minimum atomic E-state index is -0.393. The zero-order chi connectivity index (χ0) is 16.1. The highest BCUT2D eigenvalue weighted by molar-refractivity contribution is 5.72. The van der Waals surface area contributed by atoms with Crippen molar-refractivity contribution in [2.75, 3.05) is 7.11 Å². The van der Waals surface area contributed by atoms with Crippen molar-refractivity contribution in [3.63, 3.8) is 0 Å². The highest BCUT2D eigenvalue weighted by Gasteiger charge is 2.27. The highest BCUT2D eigenvalue weighted by Crippen LogP contribution is 2.27. The van der Waals surface area contributed by atoms with Gasteiger partial charge in [-0.25, -0.2) is 0 Å². The van der Waals surface area contributed by atoms with Crippen LogP contribution in [0, 0.1) is 16.0 Å². The molecule has 1 atom stereocenters. The minimum Gasteiger partial charge on any atom is -0.469 e. The van der Waals surface area contributed by atoms with Gasteiger partial charge in [-0.15, -0.1) is 0 Å². The maximum absolute atomic E-state index is 11.5. The molecule has 1 N–H and O–H groups in total. The first-order valence-corrected chi connectivity index (χ1v) is 7.59. The molecule has 22 heavy (non-hydrogen) atoms. The fraction of sp³-hybridized carbons (Fsp3) is 0.562. The minimum absolute atomic E-state index is 0.0257. The second-order valence-electron chi connectivity index (χ2n) is 5.81. The SMILES string of the molecule is COC(=O)C1CCC(NC(C)c2ccc([N+](=O)[O-])cc2)CC1. The van der Waals surface area contributed by atoms with Crippen LogP contribution >= 0.6 is 0 Å². The summed E-state index contributed by atoms with van der Waals surface area (Å²) in [5.41, 5.74) is 1.13. The van der Waals surface area contributed by atoms with Gasteiger partial charge in [0, 0.05) is 24.2 Å². The zero-order valence-electron chi connectivity index (χ0n) is 13.0. The first kappa shape index (κ1) is 16.4. The van der Waals surface area contributed by atoms with E-state index >= 15 is 0 Å². The summed E-state index contributed by atoms with van der Waals surface area (Å²) in [5, 5.41) is 14.2. The number of hydrogen-bond donors (Lipinski definition) is 1. The number of nitrogens with zero attached hydrogens (tertiary/aromatic N) is 1. The number of hydrogen-bond acceptors (Lipinski definition) is 5. The summed E-state index contributed by atoms with van der Waals surface area (Å²) in [6.45, 7) is 2.05. The van der Waals surface area contributed by atoms with E-state index in [0.29, 0.717) is 6.04 Å². The lowest BCUT2D eigenvalue weighted by Gasteiger charge is -2.30. The van der Waals surface area contributed by atoms with Gasteiger partial charge in [-0.1, -0.05) is 12.1 Å². The third-order valence-corrected chi connectivity index (χ3v) is 4.35. The van der Waals surface area contributed by atoms with Crippen LogP contribution in [0.5, 0.6) is 0 Å². The topological polar surface area (TPSA) is 81.5 Å². The van der Waals surface area contributed by atoms with Gasteiger partial charge >= 0.3 is 5.97 Å². The molecule has 0 amide bonds. The van der Waals surface area contributed by atoms with Crippen LogP contribution in [-0.2, 0) is 9.53 Å². The van der Waals surface area contributed by atoms with Crippen molar-refractivity contribution in [2.24, 2.45) is 5.92 Å². The molecule has 0 radical (unpaired) electrons. The molecule has 1 aliphatic rings. The van der Waals surface area contributed by atoms with Crippen LogP contribution in [0.1, 0.15) is 44.2 Å². The summed E-state index contributed by atoms with van der Waals surface area (Å²) < 4.78 is 4.79. The van der Waals surface area contributed by atoms with Crippen LogP contribution in [0.3, 0.4) is 0 Å². The van der Waals surface area contributed by atoms with Crippen molar-refractivity contribution in [1.29, 1.82) is 0 Å². The monoisotopic (exact) mass is 306 g/mol. The Morgan fingerprint density at radius 1 is 1.27 bits per heavy atom. The van der Waals surface area contributed by atoms with Crippen LogP contribution in [0.15, 0.2) is 24.3 Å². The van der Waals surface area contributed by atoms with Gasteiger partial charge in [0.25, 0.3) is 5.69 Å². The molecule has 0 heterocycles. The number of esters is 1. The number of benzene rings is 1. The Bertz CT molecular complexity index is 521. The quantitative estimate of drug-likeness (QED) is 0.514. The lowest BCUT2D eigenvalue weighted by atomic mass is 9.85. The Hall–Kier alpha value is -1.95. The number of ether oxygens (including phenoxy) is 1. The van der Waals surface area contributed by atoms with Gasteiger partial charge in [-0.3, -0.25) is 14.9 Å². The van der Waals surface area contributed by atoms with Gasteiger partial charge in [-0.05, 0) is 38.2 Å². The molecule has 0 bridgehead atoms. The number of nitrogens with one attached hydrogen (secondary N) is 1. The summed E-state index contributed by atoms with van der Waals surface area (Å²) in [7, 11) is 1.43. The van der Waals surface area contributed by atoms with Crippen LogP contribution in [0.25, 0.3) is 0 Å². The van der Waals surface area contributed by atoms with E-state index in [-0.39, 0.29) is 23.6 Å². The third kappa shape index (κ3) is 4.04. The molecule has 0 aromatic heterocycles. The Morgan fingerprint density at radius 3 is 2.36 bits per heavy atom. The number of carbonyl (C=O) groups is 1. The van der Waals surface area contributed by atoms with Crippen LogP contribution in [0.2, 0.25) is 0 Å². The number of carbonyl (C=O) groups excluding carboxylic acids is 1. The average Bonchev–Trinajstić information content (AvgIpc) is 2.54. The molecule has 0 saturated heterocycles. The predicted molar refractivity (Wildman–Crippen MR) is 82.4 cm³/mol. The molecule has 6 heteroatoms. The lowest BCUT2D eigenvalue weighted by Crippen LogP contribution is -2.36. The number of methoxy groups -OCH3 is 1. The first-order chi connectivity index (χ1) is 10.5. The van der Waals surface area contributed by atoms with Crippen LogP contribution in [-0.4, -0.2) is 24.0 Å². The number of non-ortho nitro benzene ring substituents is 1. The average molecular weight is 306 g/mol. The number of nitro benzene ring substituents is 1. The van der Waals surface area contributed by atoms with Crippen molar-refractivity contribution in [3.8, 4) is 0 Å². The second kappa shape index (κ2) is 7.35. The normalized spacial score (nSPS) is 22.8. The van der Waals surface area contributed by atoms with E-state index < -0.39 is 4.92 Å². The Morgan fingerprint density at radius 2 is 1.86 bits per heavy atom. The first-order valence-electron chi connectivity index (χ1n) is 7.59. The van der Waals surface area contributed by atoms with Crippen molar-refractivity contribution >= 4 is 11.7 Å². The molecule has 1 aliphatic carbocycles. The van der Waals surface area contributed by atoms with E-state index in [2.05, 4.69) is 5.32 Å². The molecule has 0 aliphatic heterocycles. The maximum Gasteiger partial charge on any atom is 0.308 e. The van der Waals surface area contributed by atoms with Crippen LogP contribution < -0.4 is 5.32 Å². The fourth-order valence-corrected chi connectivity index (χ4v) is 3.00. The molecular formula is C16H22N2O4. The smallest absolute Gasteiger partial charge is 0.308 e. The van der Waals surface area contributed by atoms with Gasteiger partial charge in [-0.2, -0.15) is 0 Å². The maximum atomic E-state index is 11.5. The Balaban J connectivity index is 1.86.